The maximum absolute atomic E-state index is 12.8. The molecule has 3 heterocycles. The van der Waals surface area contributed by atoms with Crippen LogP contribution < -0.4 is 10.4 Å². The Hall–Kier alpha value is -3.32. The molecule has 11 nitrogen and oxygen atoms in total. The number of thioether (sulfide) groups is 1. The summed E-state index contributed by atoms with van der Waals surface area (Å²) in [6.07, 6.45) is -3.07. The van der Waals surface area contributed by atoms with Crippen molar-refractivity contribution in [1.29, 1.82) is 0 Å². The number of carbonyl (C=O) groups excluding carboxylic acids is 2. The van der Waals surface area contributed by atoms with Crippen LogP contribution in [-0.2, 0) is 14.2 Å². The largest absolute Gasteiger partial charge is 0.506 e. The van der Waals surface area contributed by atoms with Crippen molar-refractivity contribution in [3.63, 3.8) is 0 Å². The molecule has 4 atom stereocenters. The highest BCUT2D eigenvalue weighted by molar-refractivity contribution is 7.99. The molecule has 210 valence electrons. The molecule has 0 saturated carbocycles. The summed E-state index contributed by atoms with van der Waals surface area (Å²) >= 11 is 1.22. The number of hydrogen-bond acceptors (Lipinski definition) is 11. The minimum absolute atomic E-state index is 0.00830. The van der Waals surface area contributed by atoms with Gasteiger partial charge in [-0.05, 0) is 58.2 Å². The molecule has 1 saturated heterocycles. The van der Waals surface area contributed by atoms with Gasteiger partial charge in [0.05, 0.1) is 16.7 Å². The van der Waals surface area contributed by atoms with Crippen LogP contribution in [0.1, 0.15) is 46.0 Å². The van der Waals surface area contributed by atoms with E-state index in [1.54, 1.807) is 46.1 Å². The molecule has 1 aliphatic heterocycles. The molecule has 2 aromatic heterocycles. The molecule has 1 aromatic carbocycles. The Labute approximate surface area is 228 Å². The quantitative estimate of drug-likeness (QED) is 0.211. The fourth-order valence-electron chi connectivity index (χ4n) is 4.69. The van der Waals surface area contributed by atoms with Crippen LogP contribution in [-0.4, -0.2) is 76.3 Å². The number of Topliss-reactive ketones (excluding diaryl/α,β-unsaturated/α-hetero) is 1. The molecule has 3 N–H and O–H groups in total. The second-order valence-electron chi connectivity index (χ2n) is 9.81. The molecule has 4 rings (SSSR count). The molecule has 0 unspecified atom stereocenters. The van der Waals surface area contributed by atoms with Crippen LogP contribution >= 0.6 is 11.8 Å². The summed E-state index contributed by atoms with van der Waals surface area (Å²) in [7, 11) is 1.42. The summed E-state index contributed by atoms with van der Waals surface area (Å²) in [4.78, 5) is 40.6. The summed E-state index contributed by atoms with van der Waals surface area (Å²) in [6.45, 7) is 6.80. The number of esters is 1. The number of carbonyl (C=O) groups is 2. The summed E-state index contributed by atoms with van der Waals surface area (Å²) in [6, 6.07) is 6.23. The predicted molar refractivity (Wildman–Crippen MR) is 143 cm³/mol. The van der Waals surface area contributed by atoms with Crippen molar-refractivity contribution in [3.05, 3.63) is 57.2 Å². The number of aromatic nitrogens is 1. The maximum Gasteiger partial charge on any atom is 0.355 e. The van der Waals surface area contributed by atoms with Crippen molar-refractivity contribution in [1.82, 2.24) is 4.98 Å². The number of methoxy groups -OCH3 is 1. The van der Waals surface area contributed by atoms with Crippen LogP contribution in [0.5, 0.6) is 11.5 Å². The molecule has 12 heteroatoms. The lowest BCUT2D eigenvalue weighted by atomic mass is 9.89. The van der Waals surface area contributed by atoms with Crippen LogP contribution in [0.25, 0.3) is 11.0 Å². The van der Waals surface area contributed by atoms with Gasteiger partial charge in [0, 0.05) is 18.4 Å². The van der Waals surface area contributed by atoms with Gasteiger partial charge in [-0.1, -0.05) is 0 Å². The number of aliphatic hydroxyl groups is 1. The molecule has 39 heavy (non-hydrogen) atoms. The zero-order valence-corrected chi connectivity index (χ0v) is 23.2. The summed E-state index contributed by atoms with van der Waals surface area (Å²) in [5, 5.41) is 22.0. The molecule has 0 bridgehead atoms. The number of aromatic hydroxyl groups is 1. The van der Waals surface area contributed by atoms with Gasteiger partial charge >= 0.3 is 11.6 Å². The molecule has 0 amide bonds. The number of H-pyrrole nitrogens is 1. The Morgan fingerprint density at radius 2 is 1.90 bits per heavy atom. The highest BCUT2D eigenvalue weighted by Gasteiger charge is 2.53. The zero-order valence-electron chi connectivity index (χ0n) is 22.4. The lowest BCUT2D eigenvalue weighted by Gasteiger charge is -2.47. The highest BCUT2D eigenvalue weighted by Crippen LogP contribution is 2.38. The molecule has 1 fully saturated rings. The number of aryl methyl sites for hydroxylation is 2. The number of ketones is 1. The Kier molecular flexibility index (Phi) is 8.12. The van der Waals surface area contributed by atoms with Gasteiger partial charge in [0.1, 0.15) is 34.4 Å². The van der Waals surface area contributed by atoms with Crippen molar-refractivity contribution in [2.75, 3.05) is 19.1 Å². The number of aliphatic hydroxyl groups excluding tert-OH is 1. The van der Waals surface area contributed by atoms with Gasteiger partial charge in [0.2, 0.25) is 6.29 Å². The van der Waals surface area contributed by atoms with Gasteiger partial charge in [-0.2, -0.15) is 11.8 Å². The first-order chi connectivity index (χ1) is 18.4. The van der Waals surface area contributed by atoms with Crippen molar-refractivity contribution in [2.45, 2.75) is 57.9 Å². The lowest BCUT2D eigenvalue weighted by molar-refractivity contribution is -0.305. The third-order valence-electron chi connectivity index (χ3n) is 6.61. The van der Waals surface area contributed by atoms with Gasteiger partial charge in [0.25, 0.3) is 0 Å². The maximum atomic E-state index is 12.8. The van der Waals surface area contributed by atoms with E-state index < -0.39 is 58.9 Å². The fraction of sp³-hybridized carbons (Fsp3) is 0.444. The van der Waals surface area contributed by atoms with Crippen molar-refractivity contribution in [2.24, 2.45) is 0 Å². The number of nitrogens with one attached hydrogen (secondary N) is 1. The molecule has 3 aromatic rings. The van der Waals surface area contributed by atoms with E-state index >= 15 is 0 Å². The lowest BCUT2D eigenvalue weighted by Crippen LogP contribution is -2.65. The number of hydrogen-bond donors (Lipinski definition) is 3. The van der Waals surface area contributed by atoms with Crippen LogP contribution in [0.15, 0.2) is 33.5 Å². The molecule has 0 radical (unpaired) electrons. The van der Waals surface area contributed by atoms with Crippen LogP contribution in [0.4, 0.5) is 0 Å². The first-order valence-electron chi connectivity index (χ1n) is 12.1. The second kappa shape index (κ2) is 11.0. The van der Waals surface area contributed by atoms with Crippen molar-refractivity contribution in [3.8, 4) is 11.5 Å². The summed E-state index contributed by atoms with van der Waals surface area (Å²) < 4.78 is 28.7. The van der Waals surface area contributed by atoms with Gasteiger partial charge in [-0.3, -0.25) is 4.79 Å². The topological polar surface area (TPSA) is 158 Å². The van der Waals surface area contributed by atoms with Gasteiger partial charge in [-0.15, -0.1) is 0 Å². The third-order valence-corrected chi connectivity index (χ3v) is 7.16. The third kappa shape index (κ3) is 5.42. The molecule has 1 aliphatic rings. The van der Waals surface area contributed by atoms with E-state index in [4.69, 9.17) is 23.4 Å². The Balaban J connectivity index is 1.66. The van der Waals surface area contributed by atoms with E-state index in [9.17, 15) is 24.6 Å². The van der Waals surface area contributed by atoms with Crippen LogP contribution in [0.3, 0.4) is 0 Å². The number of ether oxygens (including phenoxy) is 4. The predicted octanol–water partition coefficient (Wildman–Crippen LogP) is 3.10. The van der Waals surface area contributed by atoms with Crippen LogP contribution in [0.2, 0.25) is 0 Å². The molecule has 0 spiro atoms. The average molecular weight is 562 g/mol. The van der Waals surface area contributed by atoms with Crippen LogP contribution in [0, 0.1) is 13.8 Å². The average Bonchev–Trinajstić information content (AvgIpc) is 3.30. The van der Waals surface area contributed by atoms with E-state index in [1.165, 1.54) is 31.0 Å². The Morgan fingerprint density at radius 1 is 1.18 bits per heavy atom. The molecule has 0 aliphatic carbocycles. The smallest absolute Gasteiger partial charge is 0.355 e. The number of fused-ring (bicyclic) bond motifs is 1. The summed E-state index contributed by atoms with van der Waals surface area (Å²) in [5.41, 5.74) is -1.12. The number of benzene rings is 1. The normalized spacial score (nSPS) is 22.5. The minimum atomic E-state index is -1.47. The molecular weight excluding hydrogens is 530 g/mol. The first kappa shape index (κ1) is 28.7. The van der Waals surface area contributed by atoms with E-state index in [2.05, 4.69) is 4.98 Å². The van der Waals surface area contributed by atoms with E-state index in [1.807, 2.05) is 0 Å². The SMILES string of the molecule is CO[C@@H]1[C@@H](OC(=O)c2ccc(C)[nH]2)[C@@H](O)[C@H](Oc2ccc3c(O)c(C(=O)CSC)c(=O)oc3c2C)OC1(C)C. The first-order valence-corrected chi connectivity index (χ1v) is 13.5. The summed E-state index contributed by atoms with van der Waals surface area (Å²) in [5.74, 6) is -1.52. The van der Waals surface area contributed by atoms with E-state index in [0.717, 1.165) is 5.69 Å². The number of aromatic amines is 1. The minimum Gasteiger partial charge on any atom is -0.506 e. The Bertz CT molecular complexity index is 1460. The Morgan fingerprint density at radius 3 is 2.51 bits per heavy atom. The second-order valence-corrected chi connectivity index (χ2v) is 10.7. The van der Waals surface area contributed by atoms with Gasteiger partial charge in [0.15, 0.2) is 18.0 Å². The van der Waals surface area contributed by atoms with Gasteiger partial charge < -0.3 is 38.6 Å². The monoisotopic (exact) mass is 561 g/mol. The van der Waals surface area contributed by atoms with E-state index in [-0.39, 0.29) is 28.2 Å². The van der Waals surface area contributed by atoms with Crippen molar-refractivity contribution < 1.29 is 43.2 Å². The van der Waals surface area contributed by atoms with E-state index in [0.29, 0.717) is 5.56 Å². The van der Waals surface area contributed by atoms with Gasteiger partial charge in [-0.25, -0.2) is 9.59 Å². The van der Waals surface area contributed by atoms with Crippen molar-refractivity contribution >= 4 is 34.5 Å². The molecular formula is C27H31NO10S. The fourth-order valence-corrected chi connectivity index (χ4v) is 5.09. The highest BCUT2D eigenvalue weighted by atomic mass is 32.2. The number of rotatable bonds is 8. The zero-order chi connectivity index (χ0) is 28.6. The standard InChI is InChI=1S/C27H31NO10S/c1-12-7-9-15(28-12)24(32)37-22-20(31)26(38-27(3,4)23(22)34-5)35-17-10-8-14-19(30)18(16(29)11-39-6)25(33)36-21(14)13(17)2/h7-10,20,22-23,26,28,30-31H,11H2,1-6H3/t20-,22+,23-,26-/m1/s1.